The zero-order valence-electron chi connectivity index (χ0n) is 21.5. The van der Waals surface area contributed by atoms with Crippen molar-refractivity contribution in [3.05, 3.63) is 130 Å². The van der Waals surface area contributed by atoms with Crippen LogP contribution in [0.4, 0.5) is 0 Å². The molecule has 0 unspecified atom stereocenters. The van der Waals surface area contributed by atoms with E-state index >= 15 is 0 Å². The predicted molar refractivity (Wildman–Crippen MR) is 153 cm³/mol. The Labute approximate surface area is 228 Å². The van der Waals surface area contributed by atoms with E-state index in [1.165, 1.54) is 11.3 Å². The highest BCUT2D eigenvalue weighted by atomic mass is 16.3. The molecule has 1 aliphatic heterocycles. The Morgan fingerprint density at radius 3 is 2.55 bits per heavy atom. The molecule has 7 rings (SSSR count). The number of H-pyrrole nitrogens is 1. The van der Waals surface area contributed by atoms with E-state index in [9.17, 15) is 9.59 Å². The second kappa shape index (κ2) is 9.43. The van der Waals surface area contributed by atoms with E-state index in [4.69, 9.17) is 9.52 Å². The highest BCUT2D eigenvalue weighted by Gasteiger charge is 2.37. The van der Waals surface area contributed by atoms with Gasteiger partial charge in [0.25, 0.3) is 5.56 Å². The minimum atomic E-state index is -0.477. The molecule has 8 nitrogen and oxygen atoms in total. The van der Waals surface area contributed by atoms with E-state index in [0.29, 0.717) is 23.2 Å². The van der Waals surface area contributed by atoms with Crippen LogP contribution in [0.25, 0.3) is 33.1 Å². The van der Waals surface area contributed by atoms with Crippen LogP contribution in [-0.4, -0.2) is 31.6 Å². The first-order valence-electron chi connectivity index (χ1n) is 12.9. The number of benzene rings is 3. The number of aryl methyl sites for hydroxylation is 1. The van der Waals surface area contributed by atoms with Gasteiger partial charge in [0.15, 0.2) is 5.76 Å². The van der Waals surface area contributed by atoms with Crippen LogP contribution in [0.5, 0.6) is 0 Å². The summed E-state index contributed by atoms with van der Waals surface area (Å²) in [4.78, 5) is 39.2. The molecule has 1 aliphatic rings. The topological polar surface area (TPSA) is 104 Å². The van der Waals surface area contributed by atoms with Gasteiger partial charge in [0.1, 0.15) is 0 Å². The molecule has 40 heavy (non-hydrogen) atoms. The number of aromatic nitrogens is 3. The molecule has 1 atom stereocenters. The van der Waals surface area contributed by atoms with Gasteiger partial charge in [0, 0.05) is 35.3 Å². The summed E-state index contributed by atoms with van der Waals surface area (Å²) in [6, 6.07) is 24.3. The molecule has 0 fully saturated rings. The lowest BCUT2D eigenvalue weighted by Crippen LogP contribution is -2.26. The number of hydrazone groups is 1. The fourth-order valence-electron chi connectivity index (χ4n) is 5.40. The molecule has 6 aromatic rings. The van der Waals surface area contributed by atoms with Gasteiger partial charge in [-0.1, -0.05) is 48.0 Å². The van der Waals surface area contributed by atoms with E-state index < -0.39 is 11.9 Å². The fourth-order valence-corrected chi connectivity index (χ4v) is 5.40. The Morgan fingerprint density at radius 2 is 1.75 bits per heavy atom. The number of nitrogens with one attached hydrogen (secondary N) is 1. The van der Waals surface area contributed by atoms with Crippen LogP contribution in [0, 0.1) is 6.92 Å². The van der Waals surface area contributed by atoms with Crippen LogP contribution >= 0.6 is 0 Å². The van der Waals surface area contributed by atoms with Crippen molar-refractivity contribution in [2.75, 3.05) is 0 Å². The normalized spacial score (nSPS) is 15.1. The molecule has 1 N–H and O–H groups in total. The number of carbonyl (C=O) groups excluding carboxylic acids is 1. The number of fused-ring (bicyclic) bond motifs is 2. The minimum absolute atomic E-state index is 0.168. The molecular weight excluding hydrogens is 502 g/mol. The van der Waals surface area contributed by atoms with Crippen molar-refractivity contribution < 1.29 is 9.21 Å². The molecular formula is C32H23N5O3. The average Bonchev–Trinajstić information content (AvgIpc) is 3.68. The molecule has 4 heterocycles. The van der Waals surface area contributed by atoms with Crippen LogP contribution < -0.4 is 5.56 Å². The number of rotatable bonds is 4. The van der Waals surface area contributed by atoms with Gasteiger partial charge in [0.2, 0.25) is 0 Å². The highest BCUT2D eigenvalue weighted by Crippen LogP contribution is 2.38. The summed E-state index contributed by atoms with van der Waals surface area (Å²) in [5.74, 6) is -0.222. The molecule has 0 radical (unpaired) electrons. The summed E-state index contributed by atoms with van der Waals surface area (Å²) in [6.07, 6.45) is 5.07. The van der Waals surface area contributed by atoms with E-state index in [1.807, 2.05) is 67.6 Å². The van der Waals surface area contributed by atoms with Crippen LogP contribution in [0.3, 0.4) is 0 Å². The Balaban J connectivity index is 1.44. The number of aromatic amines is 1. The van der Waals surface area contributed by atoms with Gasteiger partial charge in [-0.05, 0) is 54.4 Å². The molecule has 3 aromatic heterocycles. The Kier molecular flexibility index (Phi) is 5.59. The van der Waals surface area contributed by atoms with Crippen LogP contribution in [0.2, 0.25) is 0 Å². The van der Waals surface area contributed by atoms with Crippen LogP contribution in [0.15, 0.2) is 112 Å². The molecule has 0 bridgehead atoms. The van der Waals surface area contributed by atoms with Gasteiger partial charge >= 0.3 is 5.91 Å². The standard InChI is InChI=1S/C32H23N5O3/c1-19-9-11-23-22(16-19)29(20-6-3-2-4-7-20)30(31(38)35-23)26-18-27(37(36-26)32(39)28-8-5-15-40-28)21-10-12-24-25(17-21)34-14-13-33-24/h2-17,27H,18H2,1H3,(H,35,38)/t27-/m1/s1. The summed E-state index contributed by atoms with van der Waals surface area (Å²) in [5, 5.41) is 7.14. The number of hydrogen-bond acceptors (Lipinski definition) is 6. The predicted octanol–water partition coefficient (Wildman–Crippen LogP) is 6.03. The lowest BCUT2D eigenvalue weighted by atomic mass is 9.90. The van der Waals surface area contributed by atoms with E-state index in [2.05, 4.69) is 21.0 Å². The molecule has 1 amide bonds. The zero-order chi connectivity index (χ0) is 27.2. The third-order valence-electron chi connectivity index (χ3n) is 7.25. The number of carbonyl (C=O) groups is 1. The zero-order valence-corrected chi connectivity index (χ0v) is 21.5. The fraction of sp³-hybridized carbons (Fsp3) is 0.0938. The molecule has 194 valence electrons. The smallest absolute Gasteiger partial charge is 0.310 e. The monoisotopic (exact) mass is 525 g/mol. The van der Waals surface area contributed by atoms with Crippen molar-refractivity contribution in [3.63, 3.8) is 0 Å². The summed E-state index contributed by atoms with van der Waals surface area (Å²) >= 11 is 0. The number of pyridine rings is 1. The number of furan rings is 1. The van der Waals surface area contributed by atoms with Gasteiger partial charge in [-0.15, -0.1) is 0 Å². The maximum Gasteiger partial charge on any atom is 0.310 e. The van der Waals surface area contributed by atoms with Crippen molar-refractivity contribution in [1.29, 1.82) is 0 Å². The van der Waals surface area contributed by atoms with Gasteiger partial charge < -0.3 is 9.40 Å². The van der Waals surface area contributed by atoms with Crippen molar-refractivity contribution in [3.8, 4) is 11.1 Å². The number of nitrogens with zero attached hydrogens (tertiary/aromatic N) is 4. The number of hydrogen-bond donors (Lipinski definition) is 1. The first-order valence-corrected chi connectivity index (χ1v) is 12.9. The second-order valence-electron chi connectivity index (χ2n) is 9.82. The molecule has 3 aromatic carbocycles. The first kappa shape index (κ1) is 23.7. The van der Waals surface area contributed by atoms with Crippen molar-refractivity contribution >= 4 is 33.6 Å². The minimum Gasteiger partial charge on any atom is -0.459 e. The summed E-state index contributed by atoms with van der Waals surface area (Å²) in [6.45, 7) is 2.02. The molecule has 0 aliphatic carbocycles. The largest absolute Gasteiger partial charge is 0.459 e. The van der Waals surface area contributed by atoms with Crippen molar-refractivity contribution in [1.82, 2.24) is 20.0 Å². The molecule has 0 saturated carbocycles. The third kappa shape index (κ3) is 3.97. The summed E-state index contributed by atoms with van der Waals surface area (Å²) in [5.41, 5.74) is 6.51. The Hall–Kier alpha value is -5.37. The van der Waals surface area contributed by atoms with Gasteiger partial charge in [-0.2, -0.15) is 5.10 Å². The van der Waals surface area contributed by atoms with Crippen LogP contribution in [-0.2, 0) is 0 Å². The van der Waals surface area contributed by atoms with Crippen molar-refractivity contribution in [2.45, 2.75) is 19.4 Å². The number of amides is 1. The molecule has 0 spiro atoms. The maximum absolute atomic E-state index is 13.7. The molecule has 8 heteroatoms. The van der Waals surface area contributed by atoms with Gasteiger partial charge in [0.05, 0.1) is 34.6 Å². The van der Waals surface area contributed by atoms with Crippen molar-refractivity contribution in [2.24, 2.45) is 5.10 Å². The maximum atomic E-state index is 13.7. The van der Waals surface area contributed by atoms with E-state index in [-0.39, 0.29) is 11.3 Å². The quantitative estimate of drug-likeness (QED) is 0.303. The Bertz CT molecular complexity index is 2000. The highest BCUT2D eigenvalue weighted by molar-refractivity contribution is 6.13. The summed E-state index contributed by atoms with van der Waals surface area (Å²) < 4.78 is 5.44. The van der Waals surface area contributed by atoms with Crippen LogP contribution in [0.1, 0.15) is 39.7 Å². The summed E-state index contributed by atoms with van der Waals surface area (Å²) in [7, 11) is 0. The second-order valence-corrected chi connectivity index (χ2v) is 9.82. The SMILES string of the molecule is Cc1ccc2[nH]c(=O)c(C3=NN(C(=O)c4ccco4)[C@@H](c4ccc5nccnc5c4)C3)c(-c3ccccc3)c2c1. The lowest BCUT2D eigenvalue weighted by molar-refractivity contribution is 0.0678. The van der Waals surface area contributed by atoms with E-state index in [1.54, 1.807) is 24.5 Å². The van der Waals surface area contributed by atoms with Gasteiger partial charge in [-0.3, -0.25) is 19.6 Å². The molecule has 0 saturated heterocycles. The van der Waals surface area contributed by atoms with Gasteiger partial charge in [-0.25, -0.2) is 5.01 Å². The lowest BCUT2D eigenvalue weighted by Gasteiger charge is -2.21. The third-order valence-corrected chi connectivity index (χ3v) is 7.25. The van der Waals surface area contributed by atoms with E-state index in [0.717, 1.165) is 38.7 Å². The average molecular weight is 526 g/mol. The Morgan fingerprint density at radius 1 is 0.925 bits per heavy atom. The first-order chi connectivity index (χ1) is 19.6.